The third-order valence-corrected chi connectivity index (χ3v) is 5.52. The van der Waals surface area contributed by atoms with Crippen LogP contribution in [0.15, 0.2) is 36.4 Å². The summed E-state index contributed by atoms with van der Waals surface area (Å²) in [5, 5.41) is 3.71. The first-order valence-corrected chi connectivity index (χ1v) is 10.0. The van der Waals surface area contributed by atoms with Gasteiger partial charge in [0.05, 0.1) is 29.4 Å². The molecule has 3 rings (SSSR count). The molecule has 150 valence electrons. The Morgan fingerprint density at radius 3 is 2.36 bits per heavy atom. The average Bonchev–Trinajstić information content (AvgIpc) is 2.67. The second-order valence-electron chi connectivity index (χ2n) is 7.01. The van der Waals surface area contributed by atoms with Crippen LogP contribution < -0.4 is 10.1 Å². The van der Waals surface area contributed by atoms with Crippen LogP contribution in [0.3, 0.4) is 0 Å². The van der Waals surface area contributed by atoms with Crippen LogP contribution in [0.1, 0.15) is 11.1 Å². The summed E-state index contributed by atoms with van der Waals surface area (Å²) in [5.41, 5.74) is 2.90. The lowest BCUT2D eigenvalue weighted by Crippen LogP contribution is -2.48. The zero-order valence-corrected chi connectivity index (χ0v) is 17.7. The van der Waals surface area contributed by atoms with Crippen LogP contribution in [-0.4, -0.2) is 55.5 Å². The standard InChI is InChI=1S/C21H25Cl2N3O2/c1-15-6-7-19(28-2)16(12-15)13-25-8-10-26(11-9-25)14-20(27)24-21-17(22)4-3-5-18(21)23/h3-7,12H,8-11,13-14H2,1-2H3,(H,24,27). The maximum atomic E-state index is 12.4. The molecule has 0 aliphatic carbocycles. The number of aryl methyl sites for hydroxylation is 1. The van der Waals surface area contributed by atoms with Crippen molar-refractivity contribution in [2.24, 2.45) is 0 Å². The summed E-state index contributed by atoms with van der Waals surface area (Å²) in [6, 6.07) is 11.4. The van der Waals surface area contributed by atoms with Crippen molar-refractivity contribution in [2.75, 3.05) is 45.2 Å². The first-order valence-electron chi connectivity index (χ1n) is 9.28. The van der Waals surface area contributed by atoms with Crippen LogP contribution in [0, 0.1) is 6.92 Å². The zero-order valence-electron chi connectivity index (χ0n) is 16.2. The summed E-state index contributed by atoms with van der Waals surface area (Å²) in [6.07, 6.45) is 0. The zero-order chi connectivity index (χ0) is 20.1. The van der Waals surface area contributed by atoms with E-state index >= 15 is 0 Å². The largest absolute Gasteiger partial charge is 0.496 e. The van der Waals surface area contributed by atoms with Crippen molar-refractivity contribution >= 4 is 34.8 Å². The summed E-state index contributed by atoms with van der Waals surface area (Å²) in [5.74, 6) is 0.813. The summed E-state index contributed by atoms with van der Waals surface area (Å²) < 4.78 is 5.48. The number of hydrogen-bond acceptors (Lipinski definition) is 4. The minimum absolute atomic E-state index is 0.108. The normalized spacial score (nSPS) is 15.4. The van der Waals surface area contributed by atoms with E-state index in [2.05, 4.69) is 34.2 Å². The Bertz CT molecular complexity index is 816. The van der Waals surface area contributed by atoms with E-state index in [4.69, 9.17) is 27.9 Å². The van der Waals surface area contributed by atoms with Crippen LogP contribution in [0.25, 0.3) is 0 Å². The molecule has 5 nitrogen and oxygen atoms in total. The molecule has 2 aromatic rings. The second kappa shape index (κ2) is 9.61. The van der Waals surface area contributed by atoms with Crippen LogP contribution in [0.4, 0.5) is 5.69 Å². The monoisotopic (exact) mass is 421 g/mol. The van der Waals surface area contributed by atoms with Crippen molar-refractivity contribution in [3.63, 3.8) is 0 Å². The maximum absolute atomic E-state index is 12.4. The van der Waals surface area contributed by atoms with Gasteiger partial charge < -0.3 is 10.1 Å². The van der Waals surface area contributed by atoms with E-state index in [0.717, 1.165) is 38.5 Å². The van der Waals surface area contributed by atoms with Crippen molar-refractivity contribution < 1.29 is 9.53 Å². The molecule has 1 saturated heterocycles. The third-order valence-electron chi connectivity index (χ3n) is 4.89. The second-order valence-corrected chi connectivity index (χ2v) is 7.83. The number of carbonyl (C=O) groups is 1. The molecule has 1 heterocycles. The number of nitrogens with one attached hydrogen (secondary N) is 1. The molecule has 0 unspecified atom stereocenters. The molecule has 1 amide bonds. The van der Waals surface area contributed by atoms with E-state index in [1.807, 2.05) is 6.07 Å². The van der Waals surface area contributed by atoms with Gasteiger partial charge in [-0.3, -0.25) is 14.6 Å². The third kappa shape index (κ3) is 5.39. The van der Waals surface area contributed by atoms with Crippen LogP contribution in [0.5, 0.6) is 5.75 Å². The van der Waals surface area contributed by atoms with Gasteiger partial charge in [0.15, 0.2) is 0 Å². The molecule has 28 heavy (non-hydrogen) atoms. The molecule has 1 aliphatic heterocycles. The highest BCUT2D eigenvalue weighted by molar-refractivity contribution is 6.39. The number of amides is 1. The number of nitrogens with zero attached hydrogens (tertiary/aromatic N) is 2. The van der Waals surface area contributed by atoms with Gasteiger partial charge in [0.2, 0.25) is 5.91 Å². The summed E-state index contributed by atoms with van der Waals surface area (Å²) in [4.78, 5) is 16.9. The number of para-hydroxylation sites is 1. The molecule has 1 N–H and O–H groups in total. The van der Waals surface area contributed by atoms with Crippen molar-refractivity contribution in [1.82, 2.24) is 9.80 Å². The van der Waals surface area contributed by atoms with Gasteiger partial charge in [0.25, 0.3) is 0 Å². The molecule has 0 bridgehead atoms. The van der Waals surface area contributed by atoms with Crippen molar-refractivity contribution in [3.8, 4) is 5.75 Å². The SMILES string of the molecule is COc1ccc(C)cc1CN1CCN(CC(=O)Nc2c(Cl)cccc2Cl)CC1. The molecule has 0 radical (unpaired) electrons. The highest BCUT2D eigenvalue weighted by atomic mass is 35.5. The van der Waals surface area contributed by atoms with E-state index in [9.17, 15) is 4.79 Å². The minimum atomic E-state index is -0.108. The Morgan fingerprint density at radius 2 is 1.71 bits per heavy atom. The Morgan fingerprint density at radius 1 is 1.07 bits per heavy atom. The molecule has 0 aromatic heterocycles. The number of piperazine rings is 1. The summed E-state index contributed by atoms with van der Waals surface area (Å²) >= 11 is 12.2. The average molecular weight is 422 g/mol. The first-order chi connectivity index (χ1) is 13.5. The fourth-order valence-corrected chi connectivity index (χ4v) is 3.87. The minimum Gasteiger partial charge on any atom is -0.496 e. The maximum Gasteiger partial charge on any atom is 0.238 e. The predicted molar refractivity (Wildman–Crippen MR) is 115 cm³/mol. The first kappa shape index (κ1) is 20.9. The quantitative estimate of drug-likeness (QED) is 0.763. The smallest absolute Gasteiger partial charge is 0.238 e. The van der Waals surface area contributed by atoms with Gasteiger partial charge in [-0.2, -0.15) is 0 Å². The lowest BCUT2D eigenvalue weighted by Gasteiger charge is -2.34. The van der Waals surface area contributed by atoms with E-state index in [1.165, 1.54) is 11.1 Å². The molecular weight excluding hydrogens is 397 g/mol. The Labute approximate surface area is 176 Å². The highest BCUT2D eigenvalue weighted by Crippen LogP contribution is 2.29. The molecule has 1 fully saturated rings. The number of benzene rings is 2. The number of ether oxygens (including phenoxy) is 1. The molecule has 1 aliphatic rings. The topological polar surface area (TPSA) is 44.8 Å². The molecule has 7 heteroatoms. The Hall–Kier alpha value is -1.79. The number of rotatable bonds is 6. The van der Waals surface area contributed by atoms with E-state index in [0.29, 0.717) is 22.3 Å². The number of methoxy groups -OCH3 is 1. The van der Waals surface area contributed by atoms with Gasteiger partial charge in [0.1, 0.15) is 5.75 Å². The number of halogens is 2. The lowest BCUT2D eigenvalue weighted by atomic mass is 10.1. The molecule has 0 spiro atoms. The Balaban J connectivity index is 1.50. The number of hydrogen-bond donors (Lipinski definition) is 1. The van der Waals surface area contributed by atoms with Crippen molar-refractivity contribution in [1.29, 1.82) is 0 Å². The van der Waals surface area contributed by atoms with Gasteiger partial charge in [-0.15, -0.1) is 0 Å². The molecular formula is C21H25Cl2N3O2. The van der Waals surface area contributed by atoms with E-state index in [1.54, 1.807) is 25.3 Å². The van der Waals surface area contributed by atoms with Crippen LogP contribution in [-0.2, 0) is 11.3 Å². The summed E-state index contributed by atoms with van der Waals surface area (Å²) in [6.45, 7) is 6.72. The Kier molecular flexibility index (Phi) is 7.18. The van der Waals surface area contributed by atoms with Crippen molar-refractivity contribution in [2.45, 2.75) is 13.5 Å². The molecule has 2 aromatic carbocycles. The fourth-order valence-electron chi connectivity index (χ4n) is 3.38. The van der Waals surface area contributed by atoms with Crippen LogP contribution >= 0.6 is 23.2 Å². The molecule has 0 saturated carbocycles. The van der Waals surface area contributed by atoms with Gasteiger partial charge in [-0.05, 0) is 25.1 Å². The number of anilines is 1. The highest BCUT2D eigenvalue weighted by Gasteiger charge is 2.20. The fraction of sp³-hybridized carbons (Fsp3) is 0.381. The number of carbonyl (C=O) groups excluding carboxylic acids is 1. The van der Waals surface area contributed by atoms with Gasteiger partial charge in [-0.1, -0.05) is 47.0 Å². The predicted octanol–water partition coefficient (Wildman–Crippen LogP) is 4.07. The van der Waals surface area contributed by atoms with E-state index in [-0.39, 0.29) is 5.91 Å². The van der Waals surface area contributed by atoms with Gasteiger partial charge >= 0.3 is 0 Å². The van der Waals surface area contributed by atoms with Crippen LogP contribution in [0.2, 0.25) is 10.0 Å². The lowest BCUT2D eigenvalue weighted by molar-refractivity contribution is -0.117. The van der Waals surface area contributed by atoms with E-state index < -0.39 is 0 Å². The molecule has 0 atom stereocenters. The van der Waals surface area contributed by atoms with Crippen molar-refractivity contribution in [3.05, 3.63) is 57.6 Å². The van der Waals surface area contributed by atoms with Gasteiger partial charge in [-0.25, -0.2) is 0 Å². The van der Waals surface area contributed by atoms with Gasteiger partial charge in [0, 0.05) is 38.3 Å². The summed E-state index contributed by atoms with van der Waals surface area (Å²) in [7, 11) is 1.70.